The summed E-state index contributed by atoms with van der Waals surface area (Å²) in [7, 11) is 2.79. The van der Waals surface area contributed by atoms with Crippen LogP contribution in [0.1, 0.15) is 17.2 Å². The molecule has 0 saturated carbocycles. The van der Waals surface area contributed by atoms with Gasteiger partial charge in [0.2, 0.25) is 0 Å². The maximum atomic E-state index is 13.3. The van der Waals surface area contributed by atoms with Crippen LogP contribution in [0.3, 0.4) is 0 Å². The van der Waals surface area contributed by atoms with Crippen molar-refractivity contribution in [1.82, 2.24) is 0 Å². The van der Waals surface area contributed by atoms with E-state index in [0.29, 0.717) is 11.3 Å². The SMILES string of the molecule is COc1ccc(N2C(=O)C(=O)/C(=C(/O)c3cc(Cl)cc(Cl)c3OC)C2c2cccc(O)c2)cc1Cl. The van der Waals surface area contributed by atoms with Crippen molar-refractivity contribution in [1.29, 1.82) is 0 Å². The number of hydrogen-bond donors (Lipinski definition) is 2. The van der Waals surface area contributed by atoms with Gasteiger partial charge in [-0.25, -0.2) is 0 Å². The number of aromatic hydroxyl groups is 1. The van der Waals surface area contributed by atoms with Crippen LogP contribution in [0.2, 0.25) is 15.1 Å². The first kappa shape index (κ1) is 24.7. The molecule has 3 aromatic carbocycles. The summed E-state index contributed by atoms with van der Waals surface area (Å²) in [5, 5.41) is 22.0. The molecule has 3 aromatic rings. The van der Waals surface area contributed by atoms with Crippen LogP contribution in [0, 0.1) is 0 Å². The van der Waals surface area contributed by atoms with Crippen LogP contribution in [-0.2, 0) is 9.59 Å². The number of carbonyl (C=O) groups excluding carboxylic acids is 2. The second-order valence-corrected chi connectivity index (χ2v) is 8.80. The number of nitrogens with zero attached hydrogens (tertiary/aromatic N) is 1. The number of aliphatic hydroxyl groups excluding tert-OH is 1. The molecule has 1 saturated heterocycles. The van der Waals surface area contributed by atoms with E-state index in [0.717, 1.165) is 0 Å². The molecule has 10 heteroatoms. The van der Waals surface area contributed by atoms with Crippen molar-refractivity contribution in [3.8, 4) is 17.2 Å². The van der Waals surface area contributed by atoms with Gasteiger partial charge in [-0.1, -0.05) is 46.9 Å². The average Bonchev–Trinajstić information content (AvgIpc) is 3.08. The lowest BCUT2D eigenvalue weighted by atomic mass is 9.94. The largest absolute Gasteiger partial charge is 0.508 e. The third-order valence-corrected chi connectivity index (χ3v) is 6.31. The number of amides is 1. The van der Waals surface area contributed by atoms with Gasteiger partial charge in [-0.15, -0.1) is 0 Å². The van der Waals surface area contributed by atoms with E-state index in [1.165, 1.54) is 49.5 Å². The zero-order valence-corrected chi connectivity index (χ0v) is 20.6. The number of aliphatic hydroxyl groups is 1. The van der Waals surface area contributed by atoms with Gasteiger partial charge in [0.05, 0.1) is 41.4 Å². The summed E-state index contributed by atoms with van der Waals surface area (Å²) >= 11 is 18.7. The second-order valence-electron chi connectivity index (χ2n) is 7.55. The molecule has 1 aliphatic rings. The maximum absolute atomic E-state index is 13.3. The van der Waals surface area contributed by atoms with Crippen molar-refractivity contribution in [2.24, 2.45) is 0 Å². The molecule has 1 unspecified atom stereocenters. The summed E-state index contributed by atoms with van der Waals surface area (Å²) < 4.78 is 10.5. The smallest absolute Gasteiger partial charge is 0.300 e. The number of anilines is 1. The first-order valence-corrected chi connectivity index (χ1v) is 11.3. The monoisotopic (exact) mass is 533 g/mol. The van der Waals surface area contributed by atoms with Gasteiger partial charge in [0, 0.05) is 10.7 Å². The van der Waals surface area contributed by atoms with Gasteiger partial charge in [0.15, 0.2) is 0 Å². The minimum Gasteiger partial charge on any atom is -0.508 e. The molecule has 7 nitrogen and oxygen atoms in total. The lowest BCUT2D eigenvalue weighted by molar-refractivity contribution is -0.132. The highest BCUT2D eigenvalue weighted by molar-refractivity contribution is 6.52. The molecular formula is C25H18Cl3NO6. The first-order chi connectivity index (χ1) is 16.7. The lowest BCUT2D eigenvalue weighted by Crippen LogP contribution is -2.29. The first-order valence-electron chi connectivity index (χ1n) is 10.1. The minimum atomic E-state index is -1.12. The molecule has 1 atom stereocenters. The lowest BCUT2D eigenvalue weighted by Gasteiger charge is -2.26. The van der Waals surface area contributed by atoms with E-state index in [2.05, 4.69) is 0 Å². The van der Waals surface area contributed by atoms with Crippen LogP contribution in [0.25, 0.3) is 5.76 Å². The third-order valence-electron chi connectivity index (χ3n) is 5.51. The summed E-state index contributed by atoms with van der Waals surface area (Å²) in [6, 6.07) is 12.3. The number of phenolic OH excluding ortho intramolecular Hbond substituents is 1. The molecule has 0 spiro atoms. The average molecular weight is 535 g/mol. The highest BCUT2D eigenvalue weighted by Gasteiger charge is 2.47. The number of rotatable bonds is 5. The Labute approximate surface area is 215 Å². The van der Waals surface area contributed by atoms with Crippen LogP contribution in [-0.4, -0.2) is 36.1 Å². The van der Waals surface area contributed by atoms with Crippen LogP contribution in [0.5, 0.6) is 17.2 Å². The third kappa shape index (κ3) is 4.38. The Balaban J connectivity index is 2.01. The molecule has 2 N–H and O–H groups in total. The molecule has 0 aliphatic carbocycles. The van der Waals surface area contributed by atoms with E-state index in [4.69, 9.17) is 44.3 Å². The highest BCUT2D eigenvalue weighted by Crippen LogP contribution is 2.46. The van der Waals surface area contributed by atoms with E-state index in [-0.39, 0.29) is 43.4 Å². The second kappa shape index (κ2) is 9.70. The molecule has 1 amide bonds. The highest BCUT2D eigenvalue weighted by atomic mass is 35.5. The molecule has 0 aromatic heterocycles. The molecular weight excluding hydrogens is 517 g/mol. The Kier molecular flexibility index (Phi) is 6.85. The summed E-state index contributed by atoms with van der Waals surface area (Å²) in [5.41, 5.74) is 0.427. The maximum Gasteiger partial charge on any atom is 0.300 e. The molecule has 4 rings (SSSR count). The van der Waals surface area contributed by atoms with Crippen molar-refractivity contribution in [3.63, 3.8) is 0 Å². The number of Topliss-reactive ketones (excluding diaryl/α,β-unsaturated/α-hetero) is 1. The Morgan fingerprint density at radius 2 is 1.69 bits per heavy atom. The van der Waals surface area contributed by atoms with Gasteiger partial charge in [-0.3, -0.25) is 14.5 Å². The van der Waals surface area contributed by atoms with Crippen LogP contribution in [0.15, 0.2) is 60.2 Å². The fourth-order valence-electron chi connectivity index (χ4n) is 4.00. The number of benzene rings is 3. The normalized spacial score (nSPS) is 17.1. The molecule has 180 valence electrons. The van der Waals surface area contributed by atoms with E-state index in [9.17, 15) is 19.8 Å². The number of ketones is 1. The fraction of sp³-hybridized carbons (Fsp3) is 0.120. The Bertz CT molecular complexity index is 1390. The Hall–Kier alpha value is -3.39. The minimum absolute atomic E-state index is 0.0286. The summed E-state index contributed by atoms with van der Waals surface area (Å²) in [4.78, 5) is 27.8. The van der Waals surface area contributed by atoms with Gasteiger partial charge in [0.1, 0.15) is 23.0 Å². The van der Waals surface area contributed by atoms with E-state index in [1.807, 2.05) is 0 Å². The quantitative estimate of drug-likeness (QED) is 0.237. The number of phenols is 1. The van der Waals surface area contributed by atoms with Crippen molar-refractivity contribution in [2.45, 2.75) is 6.04 Å². The van der Waals surface area contributed by atoms with Crippen LogP contribution < -0.4 is 14.4 Å². The van der Waals surface area contributed by atoms with Crippen LogP contribution >= 0.6 is 34.8 Å². The number of ether oxygens (including phenoxy) is 2. The summed E-state index contributed by atoms with van der Waals surface area (Å²) in [6.45, 7) is 0. The molecule has 1 aliphatic heterocycles. The molecule has 0 bridgehead atoms. The number of carbonyl (C=O) groups is 2. The van der Waals surface area contributed by atoms with Crippen molar-refractivity contribution in [2.75, 3.05) is 19.1 Å². The van der Waals surface area contributed by atoms with E-state index >= 15 is 0 Å². The number of halogens is 3. The topological polar surface area (TPSA) is 96.3 Å². The number of methoxy groups -OCH3 is 2. The van der Waals surface area contributed by atoms with Gasteiger partial charge in [0.25, 0.3) is 11.7 Å². The molecule has 1 fully saturated rings. The summed E-state index contributed by atoms with van der Waals surface area (Å²) in [6.07, 6.45) is 0. The Morgan fingerprint density at radius 1 is 0.943 bits per heavy atom. The zero-order valence-electron chi connectivity index (χ0n) is 18.4. The van der Waals surface area contributed by atoms with Gasteiger partial charge < -0.3 is 19.7 Å². The van der Waals surface area contributed by atoms with Crippen molar-refractivity contribution < 1.29 is 29.3 Å². The zero-order chi connectivity index (χ0) is 25.4. The molecule has 35 heavy (non-hydrogen) atoms. The van der Waals surface area contributed by atoms with Gasteiger partial charge in [-0.05, 0) is 48.0 Å². The van der Waals surface area contributed by atoms with E-state index in [1.54, 1.807) is 24.3 Å². The molecule has 1 heterocycles. The number of hydrogen-bond acceptors (Lipinski definition) is 6. The molecule has 0 radical (unpaired) electrons. The van der Waals surface area contributed by atoms with Crippen molar-refractivity contribution in [3.05, 3.63) is 86.4 Å². The fourth-order valence-corrected chi connectivity index (χ4v) is 4.83. The van der Waals surface area contributed by atoms with Crippen LogP contribution in [0.4, 0.5) is 5.69 Å². The van der Waals surface area contributed by atoms with Gasteiger partial charge >= 0.3 is 0 Å². The van der Waals surface area contributed by atoms with Gasteiger partial charge in [-0.2, -0.15) is 0 Å². The Morgan fingerprint density at radius 3 is 2.31 bits per heavy atom. The predicted octanol–water partition coefficient (Wildman–Crippen LogP) is 6.00. The van der Waals surface area contributed by atoms with Crippen molar-refractivity contribution >= 4 is 57.9 Å². The van der Waals surface area contributed by atoms with E-state index < -0.39 is 23.5 Å². The predicted molar refractivity (Wildman–Crippen MR) is 134 cm³/mol. The standard InChI is InChI=1S/C25H18Cl3NO6/c1-34-19-7-6-14(11-17(19)27)29-21(12-4-3-5-15(30)8-12)20(23(32)25(29)33)22(31)16-9-13(26)10-18(28)24(16)35-2/h3-11,21,30-31H,1-2H3/b22-20+. The summed E-state index contributed by atoms with van der Waals surface area (Å²) in [5.74, 6) is -2.06.